The van der Waals surface area contributed by atoms with Gasteiger partial charge in [0.15, 0.2) is 12.6 Å². The molecular formula is C23H47NO11. The molecule has 0 aliphatic carbocycles. The maximum absolute atomic E-state index is 9.52. The molecule has 2 aliphatic rings. The lowest BCUT2D eigenvalue weighted by molar-refractivity contribution is -0.355. The van der Waals surface area contributed by atoms with Crippen LogP contribution in [0.25, 0.3) is 0 Å². The summed E-state index contributed by atoms with van der Waals surface area (Å²) >= 11 is 0. The summed E-state index contributed by atoms with van der Waals surface area (Å²) in [6.45, 7) is 18.5. The third kappa shape index (κ3) is 12.3. The average Bonchev–Trinajstić information content (AvgIpc) is 2.69. The third-order valence-electron chi connectivity index (χ3n) is 4.73. The van der Waals surface area contributed by atoms with Crippen molar-refractivity contribution in [3.8, 4) is 0 Å². The van der Waals surface area contributed by atoms with Crippen LogP contribution in [0.1, 0.15) is 55.4 Å². The van der Waals surface area contributed by atoms with Gasteiger partial charge in [-0.15, -0.1) is 0 Å². The maximum Gasteiger partial charge on any atom is 0.189 e. The van der Waals surface area contributed by atoms with Crippen molar-refractivity contribution < 1.29 is 55.1 Å². The van der Waals surface area contributed by atoms with Gasteiger partial charge in [-0.25, -0.2) is 0 Å². The van der Waals surface area contributed by atoms with E-state index in [1.54, 1.807) is 27.7 Å². The highest BCUT2D eigenvalue weighted by molar-refractivity contribution is 4.91. The second-order valence-electron chi connectivity index (χ2n) is 10.8. The van der Waals surface area contributed by atoms with Crippen molar-refractivity contribution in [3.05, 3.63) is 12.3 Å². The number of aliphatic hydroxyl groups is 8. The first-order valence-corrected chi connectivity index (χ1v) is 11.5. The van der Waals surface area contributed by atoms with E-state index in [9.17, 15) is 35.7 Å². The smallest absolute Gasteiger partial charge is 0.189 e. The van der Waals surface area contributed by atoms with Crippen LogP contribution in [0.3, 0.4) is 0 Å². The Balaban J connectivity index is 0.000000521. The minimum absolute atomic E-state index is 0.172. The molecule has 0 radical (unpaired) electrons. The molecule has 0 aromatic carbocycles. The van der Waals surface area contributed by atoms with Gasteiger partial charge in [-0.05, 0) is 55.4 Å². The summed E-state index contributed by atoms with van der Waals surface area (Å²) in [7, 11) is 0. The summed E-state index contributed by atoms with van der Waals surface area (Å²) in [5, 5.41) is 76.8. The van der Waals surface area contributed by atoms with E-state index in [-0.39, 0.29) is 12.1 Å². The standard InChI is InChI=1S/C9H18O6.C7H15N.C7H14O5/c1-9(2,3)15-8-6(12)4(10)5(11)7(13)14-8;1-6(2)8-7(3,4)5;1-3-5(9)7(11)6(10)4(2-8)12-3/h4-8,10-13H,1-3H3;8H,1H2,2-5H3;3-11H,2H2,1H3/t4-,5-,6+,7-,8-;;3-,4+,5-,6+,7+/m0.0/s1. The van der Waals surface area contributed by atoms with Crippen LogP contribution < -0.4 is 5.32 Å². The molecule has 0 aromatic heterocycles. The van der Waals surface area contributed by atoms with Gasteiger partial charge in [0.25, 0.3) is 0 Å². The first-order valence-electron chi connectivity index (χ1n) is 11.5. The summed E-state index contributed by atoms with van der Waals surface area (Å²) < 4.78 is 15.1. The van der Waals surface area contributed by atoms with Crippen molar-refractivity contribution in [2.24, 2.45) is 0 Å². The highest BCUT2D eigenvalue weighted by Crippen LogP contribution is 2.24. The molecule has 2 saturated heterocycles. The predicted molar refractivity (Wildman–Crippen MR) is 127 cm³/mol. The van der Waals surface area contributed by atoms with Gasteiger partial charge >= 0.3 is 0 Å². The van der Waals surface area contributed by atoms with E-state index in [0.29, 0.717) is 0 Å². The van der Waals surface area contributed by atoms with E-state index in [4.69, 9.17) is 19.3 Å². The first kappa shape index (κ1) is 34.1. The Morgan fingerprint density at radius 2 is 1.29 bits per heavy atom. The molecule has 0 aromatic rings. The lowest BCUT2D eigenvalue weighted by Crippen LogP contribution is -2.59. The van der Waals surface area contributed by atoms with Crippen LogP contribution in [0, 0.1) is 0 Å². The molecule has 12 heteroatoms. The highest BCUT2D eigenvalue weighted by atomic mass is 16.8. The van der Waals surface area contributed by atoms with Gasteiger partial charge in [0, 0.05) is 11.2 Å². The summed E-state index contributed by atoms with van der Waals surface area (Å²) in [4.78, 5) is 0. The lowest BCUT2D eigenvalue weighted by atomic mass is 9.96. The number of rotatable bonds is 3. The molecule has 9 N–H and O–H groups in total. The van der Waals surface area contributed by atoms with Crippen molar-refractivity contribution in [3.63, 3.8) is 0 Å². The van der Waals surface area contributed by atoms with E-state index in [1.807, 2.05) is 6.92 Å². The highest BCUT2D eigenvalue weighted by Gasteiger charge is 2.45. The molecule has 0 spiro atoms. The van der Waals surface area contributed by atoms with Crippen LogP contribution in [0.5, 0.6) is 0 Å². The Kier molecular flexibility index (Phi) is 13.8. The molecule has 35 heavy (non-hydrogen) atoms. The van der Waals surface area contributed by atoms with Gasteiger partial charge < -0.3 is 60.4 Å². The van der Waals surface area contributed by atoms with Gasteiger partial charge in [-0.2, -0.15) is 0 Å². The molecule has 210 valence electrons. The molecule has 0 unspecified atom stereocenters. The summed E-state index contributed by atoms with van der Waals surface area (Å²) in [6.07, 6.45) is -12.0. The molecule has 0 saturated carbocycles. The van der Waals surface area contributed by atoms with Gasteiger partial charge in [0.1, 0.15) is 42.7 Å². The minimum Gasteiger partial charge on any atom is -0.394 e. The number of hydrogen-bond acceptors (Lipinski definition) is 12. The van der Waals surface area contributed by atoms with Crippen molar-refractivity contribution in [1.29, 1.82) is 0 Å². The topological polar surface area (TPSA) is 202 Å². The average molecular weight is 514 g/mol. The van der Waals surface area contributed by atoms with Gasteiger partial charge in [0.05, 0.1) is 18.3 Å². The Bertz CT molecular complexity index is 617. The Morgan fingerprint density at radius 3 is 1.66 bits per heavy atom. The quantitative estimate of drug-likeness (QED) is 0.208. The molecule has 12 nitrogen and oxygen atoms in total. The van der Waals surface area contributed by atoms with Crippen LogP contribution >= 0.6 is 0 Å². The fourth-order valence-corrected chi connectivity index (χ4v) is 3.20. The predicted octanol–water partition coefficient (Wildman–Crippen LogP) is -1.68. The molecule has 2 fully saturated rings. The zero-order chi connectivity index (χ0) is 27.9. The van der Waals surface area contributed by atoms with Gasteiger partial charge in [-0.1, -0.05) is 6.58 Å². The normalized spacial score (nSPS) is 37.8. The molecule has 2 rings (SSSR count). The van der Waals surface area contributed by atoms with Gasteiger partial charge in [0.2, 0.25) is 0 Å². The van der Waals surface area contributed by atoms with Crippen molar-refractivity contribution in [2.45, 2.75) is 128 Å². The maximum atomic E-state index is 9.52. The van der Waals surface area contributed by atoms with Crippen molar-refractivity contribution >= 4 is 0 Å². The summed E-state index contributed by atoms with van der Waals surface area (Å²) in [5.74, 6) is 0. The molecule has 2 heterocycles. The van der Waals surface area contributed by atoms with E-state index in [1.165, 1.54) is 0 Å². The van der Waals surface area contributed by atoms with Crippen molar-refractivity contribution in [2.75, 3.05) is 6.61 Å². The Hall–Kier alpha value is -0.900. The Labute approximate surface area is 207 Å². The number of aliphatic hydroxyl groups excluding tert-OH is 8. The molecular weight excluding hydrogens is 466 g/mol. The van der Waals surface area contributed by atoms with E-state index < -0.39 is 67.0 Å². The largest absolute Gasteiger partial charge is 0.394 e. The van der Waals surface area contributed by atoms with Crippen LogP contribution in [0.15, 0.2) is 12.3 Å². The van der Waals surface area contributed by atoms with E-state index in [2.05, 4.69) is 32.7 Å². The summed E-state index contributed by atoms with van der Waals surface area (Å²) in [6, 6.07) is 0. The third-order valence-corrected chi connectivity index (χ3v) is 4.73. The van der Waals surface area contributed by atoms with Crippen LogP contribution in [0.2, 0.25) is 0 Å². The Morgan fingerprint density at radius 1 is 0.800 bits per heavy atom. The zero-order valence-corrected chi connectivity index (χ0v) is 22.0. The number of hydrogen-bond donors (Lipinski definition) is 9. The second kappa shape index (κ2) is 14.1. The number of allylic oxidation sites excluding steroid dienone is 1. The zero-order valence-electron chi connectivity index (χ0n) is 22.0. The minimum atomic E-state index is -1.56. The summed E-state index contributed by atoms with van der Waals surface area (Å²) in [5.41, 5.74) is 0.608. The monoisotopic (exact) mass is 513 g/mol. The van der Waals surface area contributed by atoms with Gasteiger partial charge in [-0.3, -0.25) is 0 Å². The second-order valence-corrected chi connectivity index (χ2v) is 10.8. The lowest BCUT2D eigenvalue weighted by Gasteiger charge is -2.40. The number of nitrogens with one attached hydrogen (secondary N) is 1. The number of ether oxygens (including phenoxy) is 3. The van der Waals surface area contributed by atoms with Crippen LogP contribution in [0.4, 0.5) is 0 Å². The van der Waals surface area contributed by atoms with E-state index in [0.717, 1.165) is 5.70 Å². The van der Waals surface area contributed by atoms with Crippen LogP contribution in [-0.4, -0.2) is 120 Å². The molecule has 2 aliphatic heterocycles. The SMILES string of the molecule is C=C(C)NC(C)(C)C.CC(C)(C)O[C@@H]1O[C@H](O)[C@@H](O)[C@H](O)[C@H]1O.C[C@@H]1O[C@H](CO)[C@@H](O)[C@H](O)[C@H]1O. The molecule has 0 amide bonds. The fraction of sp³-hybridized carbons (Fsp3) is 0.913. The molecule has 0 bridgehead atoms. The van der Waals surface area contributed by atoms with E-state index >= 15 is 0 Å². The van der Waals surface area contributed by atoms with Crippen LogP contribution in [-0.2, 0) is 14.2 Å². The first-order chi connectivity index (χ1) is 15.7. The molecule has 10 atom stereocenters. The fourth-order valence-electron chi connectivity index (χ4n) is 3.20. The van der Waals surface area contributed by atoms with Crippen molar-refractivity contribution in [1.82, 2.24) is 5.32 Å².